The number of benzene rings is 1. The molecule has 0 fully saturated rings. The Morgan fingerprint density at radius 1 is 1.12 bits per heavy atom. The Morgan fingerprint density at radius 2 is 1.76 bits per heavy atom. The van der Waals surface area contributed by atoms with E-state index in [-0.39, 0.29) is 11.2 Å². The highest BCUT2D eigenvalue weighted by Crippen LogP contribution is 2.22. The molecule has 0 aromatic heterocycles. The Bertz CT molecular complexity index is 644. The van der Waals surface area contributed by atoms with Gasteiger partial charge in [0.25, 0.3) is 0 Å². The van der Waals surface area contributed by atoms with Crippen molar-refractivity contribution in [2.24, 2.45) is 4.99 Å². The largest absolute Gasteiger partial charge is 0.357 e. The fourth-order valence-corrected chi connectivity index (χ4v) is 3.01. The van der Waals surface area contributed by atoms with Gasteiger partial charge in [0.2, 0.25) is 0 Å². The van der Waals surface area contributed by atoms with Crippen LogP contribution in [0.3, 0.4) is 0 Å². The number of guanidine groups is 1. The van der Waals surface area contributed by atoms with Crippen molar-refractivity contribution in [1.82, 2.24) is 10.6 Å². The van der Waals surface area contributed by atoms with Gasteiger partial charge in [0.1, 0.15) is 9.84 Å². The normalized spacial score (nSPS) is 12.9. The summed E-state index contributed by atoms with van der Waals surface area (Å²) < 4.78 is 22.3. The van der Waals surface area contributed by atoms with Crippen LogP contribution >= 0.6 is 0 Å². The third kappa shape index (κ3) is 9.48. The first kappa shape index (κ1) is 21.5. The number of rotatable bonds is 8. The molecular formula is C19H33N3O2S. The van der Waals surface area contributed by atoms with E-state index < -0.39 is 9.84 Å². The van der Waals surface area contributed by atoms with E-state index in [2.05, 4.69) is 60.7 Å². The molecular weight excluding hydrogens is 334 g/mol. The molecule has 0 heterocycles. The average molecular weight is 368 g/mol. The van der Waals surface area contributed by atoms with Crippen molar-refractivity contribution in [3.8, 4) is 0 Å². The van der Waals surface area contributed by atoms with Gasteiger partial charge in [-0.15, -0.1) is 0 Å². The zero-order chi connectivity index (χ0) is 18.9. The van der Waals surface area contributed by atoms with E-state index in [1.54, 1.807) is 0 Å². The highest BCUT2D eigenvalue weighted by molar-refractivity contribution is 7.90. The molecule has 6 heteroatoms. The lowest BCUT2D eigenvalue weighted by Crippen LogP contribution is -2.38. The number of sulfone groups is 1. The van der Waals surface area contributed by atoms with Crippen LogP contribution in [0.5, 0.6) is 0 Å². The fourth-order valence-electron chi connectivity index (χ4n) is 2.36. The molecule has 142 valence electrons. The summed E-state index contributed by atoms with van der Waals surface area (Å²) in [5.74, 6) is 0.915. The molecule has 0 atom stereocenters. The van der Waals surface area contributed by atoms with Crippen molar-refractivity contribution in [1.29, 1.82) is 0 Å². The predicted molar refractivity (Wildman–Crippen MR) is 107 cm³/mol. The van der Waals surface area contributed by atoms with E-state index in [9.17, 15) is 8.42 Å². The van der Waals surface area contributed by atoms with Crippen LogP contribution < -0.4 is 10.6 Å². The van der Waals surface area contributed by atoms with Gasteiger partial charge in [-0.1, -0.05) is 45.0 Å². The quantitative estimate of drug-likeness (QED) is 0.421. The first-order valence-corrected chi connectivity index (χ1v) is 11.0. The Balaban J connectivity index is 2.46. The summed E-state index contributed by atoms with van der Waals surface area (Å²) in [6.07, 6.45) is 2.72. The van der Waals surface area contributed by atoms with E-state index in [1.807, 2.05) is 6.92 Å². The summed E-state index contributed by atoms with van der Waals surface area (Å²) in [6, 6.07) is 8.75. The van der Waals surface area contributed by atoms with Gasteiger partial charge in [0.05, 0.1) is 5.75 Å². The Kier molecular flexibility index (Phi) is 8.42. The second kappa shape index (κ2) is 9.80. The lowest BCUT2D eigenvalue weighted by atomic mass is 9.86. The van der Waals surface area contributed by atoms with Crippen molar-refractivity contribution < 1.29 is 8.42 Å². The maximum Gasteiger partial charge on any atom is 0.191 e. The average Bonchev–Trinajstić information content (AvgIpc) is 2.50. The van der Waals surface area contributed by atoms with Gasteiger partial charge in [0, 0.05) is 25.9 Å². The van der Waals surface area contributed by atoms with Gasteiger partial charge < -0.3 is 10.6 Å². The van der Waals surface area contributed by atoms with Gasteiger partial charge in [-0.3, -0.25) is 4.99 Å². The minimum absolute atomic E-state index is 0.174. The van der Waals surface area contributed by atoms with Crippen LogP contribution in [0.2, 0.25) is 0 Å². The van der Waals surface area contributed by atoms with Crippen molar-refractivity contribution in [2.75, 3.05) is 31.6 Å². The Hall–Kier alpha value is -1.56. The van der Waals surface area contributed by atoms with Gasteiger partial charge in [0.15, 0.2) is 5.96 Å². The molecule has 0 aliphatic heterocycles. The number of nitrogens with zero attached hydrogens (tertiary/aromatic N) is 1. The van der Waals surface area contributed by atoms with Gasteiger partial charge in [-0.05, 0) is 36.3 Å². The van der Waals surface area contributed by atoms with Crippen LogP contribution in [0.1, 0.15) is 45.2 Å². The molecule has 1 rings (SSSR count). The van der Waals surface area contributed by atoms with Crippen molar-refractivity contribution in [2.45, 2.75) is 46.0 Å². The molecule has 0 saturated heterocycles. The zero-order valence-electron chi connectivity index (χ0n) is 16.2. The van der Waals surface area contributed by atoms with Gasteiger partial charge >= 0.3 is 0 Å². The van der Waals surface area contributed by atoms with Crippen LogP contribution in [0.15, 0.2) is 29.3 Å². The molecule has 25 heavy (non-hydrogen) atoms. The molecule has 1 aromatic carbocycles. The molecule has 0 radical (unpaired) electrons. The maximum absolute atomic E-state index is 11.1. The smallest absolute Gasteiger partial charge is 0.191 e. The summed E-state index contributed by atoms with van der Waals surface area (Å²) in [6.45, 7) is 10.7. The molecule has 1 aromatic rings. The third-order valence-corrected chi connectivity index (χ3v) is 4.84. The molecule has 5 nitrogen and oxygen atoms in total. The summed E-state index contributed by atoms with van der Waals surface area (Å²) in [5.41, 5.74) is 2.80. The summed E-state index contributed by atoms with van der Waals surface area (Å²) in [4.78, 5) is 4.42. The van der Waals surface area contributed by atoms with E-state index in [1.165, 1.54) is 17.4 Å². The highest BCUT2D eigenvalue weighted by Gasteiger charge is 2.12. The van der Waals surface area contributed by atoms with E-state index in [0.29, 0.717) is 13.0 Å². The molecule has 0 saturated carbocycles. The second-order valence-electron chi connectivity index (χ2n) is 7.37. The monoisotopic (exact) mass is 367 g/mol. The summed E-state index contributed by atoms with van der Waals surface area (Å²) in [7, 11) is -2.91. The molecule has 0 unspecified atom stereocenters. The van der Waals surface area contributed by atoms with Crippen LogP contribution in [0, 0.1) is 0 Å². The molecule has 0 bridgehead atoms. The number of hydrogen-bond donors (Lipinski definition) is 2. The topological polar surface area (TPSA) is 70.6 Å². The lowest BCUT2D eigenvalue weighted by Gasteiger charge is -2.19. The standard InChI is InChI=1S/C19H33N3O2S/c1-6-20-18(21-13-7-15-25(5,23)24)22-14-12-16-8-10-17(11-9-16)19(2,3)4/h8-11H,6-7,12-15H2,1-5H3,(H2,20,21,22). The summed E-state index contributed by atoms with van der Waals surface area (Å²) >= 11 is 0. The number of aliphatic imine (C=N–C) groups is 1. The molecule has 0 spiro atoms. The van der Waals surface area contributed by atoms with Crippen molar-refractivity contribution in [3.63, 3.8) is 0 Å². The van der Waals surface area contributed by atoms with Crippen LogP contribution in [-0.4, -0.2) is 46.0 Å². The molecule has 0 aliphatic rings. The maximum atomic E-state index is 11.1. The SMILES string of the molecule is CCNC(=NCCCS(C)(=O)=O)NCCc1ccc(C(C)(C)C)cc1. The Morgan fingerprint density at radius 3 is 2.28 bits per heavy atom. The third-order valence-electron chi connectivity index (χ3n) is 3.81. The minimum Gasteiger partial charge on any atom is -0.357 e. The molecule has 0 amide bonds. The fraction of sp³-hybridized carbons (Fsp3) is 0.632. The van der Waals surface area contributed by atoms with Crippen LogP contribution in [-0.2, 0) is 21.7 Å². The van der Waals surface area contributed by atoms with Crippen LogP contribution in [0.4, 0.5) is 0 Å². The first-order chi connectivity index (χ1) is 11.6. The molecule has 0 aliphatic carbocycles. The van der Waals surface area contributed by atoms with E-state index in [0.717, 1.165) is 25.5 Å². The minimum atomic E-state index is -2.91. The van der Waals surface area contributed by atoms with Gasteiger partial charge in [-0.2, -0.15) is 0 Å². The predicted octanol–water partition coefficient (Wildman–Crippen LogP) is 2.52. The summed E-state index contributed by atoms with van der Waals surface area (Å²) in [5, 5.41) is 6.49. The van der Waals surface area contributed by atoms with E-state index >= 15 is 0 Å². The lowest BCUT2D eigenvalue weighted by molar-refractivity contribution is 0.590. The van der Waals surface area contributed by atoms with Gasteiger partial charge in [-0.25, -0.2) is 8.42 Å². The number of hydrogen-bond acceptors (Lipinski definition) is 3. The van der Waals surface area contributed by atoms with Crippen molar-refractivity contribution >= 4 is 15.8 Å². The van der Waals surface area contributed by atoms with Crippen LogP contribution in [0.25, 0.3) is 0 Å². The number of nitrogens with one attached hydrogen (secondary N) is 2. The van der Waals surface area contributed by atoms with E-state index in [4.69, 9.17) is 0 Å². The molecule has 2 N–H and O–H groups in total. The first-order valence-electron chi connectivity index (χ1n) is 8.91. The van der Waals surface area contributed by atoms with Crippen molar-refractivity contribution in [3.05, 3.63) is 35.4 Å². The second-order valence-corrected chi connectivity index (χ2v) is 9.63. The highest BCUT2D eigenvalue weighted by atomic mass is 32.2. The zero-order valence-corrected chi connectivity index (χ0v) is 17.0. The Labute approximate surface area is 153 Å².